The molecule has 33 heavy (non-hydrogen) atoms. The number of hydrogen-bond donors (Lipinski definition) is 5. The highest BCUT2D eigenvalue weighted by Gasteiger charge is 2.53. The number of benzene rings is 3. The van der Waals surface area contributed by atoms with E-state index in [2.05, 4.69) is 5.32 Å². The number of fused-ring (bicyclic) bond motifs is 6. The average Bonchev–Trinajstić information content (AvgIpc) is 3.04. The van der Waals surface area contributed by atoms with Gasteiger partial charge in [0.1, 0.15) is 28.0 Å². The Morgan fingerprint density at radius 3 is 2.12 bits per heavy atom. The molecule has 10 heteroatoms. The van der Waals surface area contributed by atoms with Crippen LogP contribution < -0.4 is 21.5 Å². The molecule has 0 saturated heterocycles. The number of primary amides is 1. The van der Waals surface area contributed by atoms with E-state index in [9.17, 15) is 19.8 Å². The van der Waals surface area contributed by atoms with Crippen molar-refractivity contribution in [3.8, 4) is 23.0 Å². The molecule has 9 nitrogen and oxygen atoms in total. The van der Waals surface area contributed by atoms with E-state index in [1.165, 1.54) is 24.3 Å². The number of carbonyl (C=O) groups is 2. The Balaban J connectivity index is 1.70. The predicted molar refractivity (Wildman–Crippen MR) is 120 cm³/mol. The van der Waals surface area contributed by atoms with E-state index in [0.717, 1.165) is 0 Å². The number of esters is 1. The van der Waals surface area contributed by atoms with Crippen LogP contribution in [0.15, 0.2) is 54.6 Å². The van der Waals surface area contributed by atoms with Gasteiger partial charge in [0, 0.05) is 28.8 Å². The largest absolute Gasteiger partial charge is 0.508 e. The molecule has 1 unspecified atom stereocenters. The van der Waals surface area contributed by atoms with Crippen molar-refractivity contribution in [2.45, 2.75) is 11.6 Å². The van der Waals surface area contributed by atoms with Gasteiger partial charge in [0.15, 0.2) is 5.60 Å². The number of aromatic hydroxyl groups is 2. The Morgan fingerprint density at radius 2 is 1.55 bits per heavy atom. The van der Waals surface area contributed by atoms with Crippen LogP contribution in [0.25, 0.3) is 0 Å². The van der Waals surface area contributed by atoms with Crippen LogP contribution in [0.3, 0.4) is 0 Å². The van der Waals surface area contributed by atoms with Crippen LogP contribution in [0.4, 0.5) is 4.79 Å². The minimum absolute atomic E-state index is 0.0104. The lowest BCUT2D eigenvalue weighted by Gasteiger charge is -2.36. The number of ether oxygens (including phenoxy) is 2. The molecule has 5 rings (SSSR count). The first-order valence-corrected chi connectivity index (χ1v) is 10.2. The number of phenols is 2. The van der Waals surface area contributed by atoms with E-state index in [0.29, 0.717) is 22.3 Å². The molecule has 0 aromatic heterocycles. The zero-order valence-electron chi connectivity index (χ0n) is 16.9. The van der Waals surface area contributed by atoms with Crippen molar-refractivity contribution in [3.63, 3.8) is 0 Å². The maximum Gasteiger partial charge on any atom is 0.340 e. The zero-order valence-corrected chi connectivity index (χ0v) is 17.7. The molecular formula is C23H17N3O6S. The molecule has 0 bridgehead atoms. The summed E-state index contributed by atoms with van der Waals surface area (Å²) >= 11 is 5.12. The Morgan fingerprint density at radius 1 is 0.970 bits per heavy atom. The molecule has 2 heterocycles. The van der Waals surface area contributed by atoms with Gasteiger partial charge in [0.2, 0.25) is 0 Å². The summed E-state index contributed by atoms with van der Waals surface area (Å²) in [4.78, 5) is 24.2. The third kappa shape index (κ3) is 3.07. The lowest BCUT2D eigenvalue weighted by Crippen LogP contribution is -2.39. The molecule has 0 aliphatic carbocycles. The number of hydrogen-bond acceptors (Lipinski definition) is 8. The maximum atomic E-state index is 13.1. The minimum Gasteiger partial charge on any atom is -0.508 e. The van der Waals surface area contributed by atoms with Crippen LogP contribution in [0, 0.1) is 0 Å². The van der Waals surface area contributed by atoms with Gasteiger partial charge in [-0.3, -0.25) is 0 Å². The van der Waals surface area contributed by atoms with Gasteiger partial charge in [-0.2, -0.15) is 0 Å². The van der Waals surface area contributed by atoms with E-state index in [1.807, 2.05) is 0 Å². The number of nitrogens with one attached hydrogen (secondary N) is 1. The van der Waals surface area contributed by atoms with Crippen LogP contribution in [-0.2, 0) is 10.3 Å². The number of phenolic OH excluding ortho intramolecular Hbond substituents is 2. The van der Waals surface area contributed by atoms with Crippen molar-refractivity contribution in [1.82, 2.24) is 5.32 Å². The summed E-state index contributed by atoms with van der Waals surface area (Å²) in [7, 11) is 0. The molecule has 1 atom stereocenters. The fraction of sp³-hybridized carbons (Fsp3) is 0.0870. The number of thiocarbonyl (C=S) groups is 1. The Labute approximate surface area is 192 Å². The van der Waals surface area contributed by atoms with E-state index in [-0.39, 0.29) is 33.6 Å². The van der Waals surface area contributed by atoms with Gasteiger partial charge in [-0.25, -0.2) is 9.59 Å². The maximum absolute atomic E-state index is 13.1. The van der Waals surface area contributed by atoms with E-state index >= 15 is 0 Å². The second kappa shape index (κ2) is 7.19. The fourth-order valence-electron chi connectivity index (χ4n) is 4.27. The number of carbonyl (C=O) groups excluding carboxylic acids is 2. The molecule has 7 N–H and O–H groups in total. The molecule has 2 aliphatic heterocycles. The second-order valence-electron chi connectivity index (χ2n) is 7.67. The van der Waals surface area contributed by atoms with Crippen molar-refractivity contribution in [3.05, 3.63) is 82.4 Å². The van der Waals surface area contributed by atoms with Gasteiger partial charge in [0.25, 0.3) is 0 Å². The van der Waals surface area contributed by atoms with Crippen molar-refractivity contribution < 1.29 is 29.3 Å². The second-order valence-corrected chi connectivity index (χ2v) is 8.11. The van der Waals surface area contributed by atoms with E-state index in [4.69, 9.17) is 33.2 Å². The zero-order chi connectivity index (χ0) is 23.5. The van der Waals surface area contributed by atoms with Crippen molar-refractivity contribution in [2.24, 2.45) is 11.5 Å². The number of urea groups is 1. The first-order chi connectivity index (χ1) is 15.7. The standard InChI is InChI=1S/C23H17N3O6S/c24-19(20(33)26-22(25)30)10-1-4-14-13(7-10)21(29)32-23(14)15-5-2-11(27)8-17(15)31-18-9-12(28)3-6-16(18)23/h1-9,19,27-28H,24H2,(H3,25,26,30,33). The highest BCUT2D eigenvalue weighted by Crippen LogP contribution is 2.57. The lowest BCUT2D eigenvalue weighted by atomic mass is 9.77. The van der Waals surface area contributed by atoms with Crippen LogP contribution >= 0.6 is 12.2 Å². The number of nitrogens with two attached hydrogens (primary N) is 2. The molecule has 166 valence electrons. The van der Waals surface area contributed by atoms with Gasteiger partial charge < -0.3 is 36.5 Å². The molecule has 2 amide bonds. The molecule has 0 fully saturated rings. The lowest BCUT2D eigenvalue weighted by molar-refractivity contribution is 0.0224. The molecule has 0 radical (unpaired) electrons. The summed E-state index contributed by atoms with van der Waals surface area (Å²) in [5.41, 5.74) is 12.2. The van der Waals surface area contributed by atoms with E-state index in [1.54, 1.807) is 30.3 Å². The summed E-state index contributed by atoms with van der Waals surface area (Å²) in [6.45, 7) is 0. The van der Waals surface area contributed by atoms with Gasteiger partial charge >= 0.3 is 12.0 Å². The first kappa shape index (κ1) is 20.7. The monoisotopic (exact) mass is 463 g/mol. The summed E-state index contributed by atoms with van der Waals surface area (Å²) in [5.74, 6) is -0.113. The van der Waals surface area contributed by atoms with Crippen molar-refractivity contribution >= 4 is 29.2 Å². The van der Waals surface area contributed by atoms with Crippen molar-refractivity contribution in [2.75, 3.05) is 0 Å². The third-order valence-corrected chi connectivity index (χ3v) is 6.04. The highest BCUT2D eigenvalue weighted by molar-refractivity contribution is 7.80. The first-order valence-electron chi connectivity index (χ1n) is 9.79. The SMILES string of the molecule is NC(=O)NC(=S)C(N)c1ccc2c(c1)C(=O)OC21c2ccc(O)cc2Oc2cc(O)ccc21. The van der Waals surface area contributed by atoms with Gasteiger partial charge in [-0.05, 0) is 35.9 Å². The predicted octanol–water partition coefficient (Wildman–Crippen LogP) is 2.66. The Kier molecular flexibility index (Phi) is 4.52. The molecule has 1 spiro atoms. The van der Waals surface area contributed by atoms with Gasteiger partial charge in [-0.15, -0.1) is 0 Å². The molecule has 0 saturated carbocycles. The molecule has 3 aromatic carbocycles. The van der Waals surface area contributed by atoms with Crippen LogP contribution in [0.5, 0.6) is 23.0 Å². The summed E-state index contributed by atoms with van der Waals surface area (Å²) in [6.07, 6.45) is 0. The number of amides is 2. The van der Waals surface area contributed by atoms with Crippen LogP contribution in [0.2, 0.25) is 0 Å². The quantitative estimate of drug-likeness (QED) is 0.287. The highest BCUT2D eigenvalue weighted by atomic mass is 32.1. The smallest absolute Gasteiger partial charge is 0.340 e. The van der Waals surface area contributed by atoms with Crippen LogP contribution in [-0.4, -0.2) is 27.2 Å². The van der Waals surface area contributed by atoms with Gasteiger partial charge in [0.05, 0.1) is 11.6 Å². The fourth-order valence-corrected chi connectivity index (χ4v) is 4.50. The molecular weight excluding hydrogens is 446 g/mol. The topological polar surface area (TPSA) is 157 Å². The molecule has 2 aliphatic rings. The Bertz CT molecular complexity index is 1320. The average molecular weight is 463 g/mol. The third-order valence-electron chi connectivity index (χ3n) is 5.69. The number of rotatable bonds is 2. The van der Waals surface area contributed by atoms with Gasteiger partial charge in [-0.1, -0.05) is 24.4 Å². The summed E-state index contributed by atoms with van der Waals surface area (Å²) in [6, 6.07) is 12.2. The normalized spacial score (nSPS) is 15.5. The van der Waals surface area contributed by atoms with Crippen molar-refractivity contribution in [1.29, 1.82) is 0 Å². The molecule has 3 aromatic rings. The summed E-state index contributed by atoms with van der Waals surface area (Å²) in [5, 5.41) is 22.2. The Hall–Kier alpha value is -4.15. The van der Waals surface area contributed by atoms with E-state index < -0.39 is 23.6 Å². The minimum atomic E-state index is -1.37. The van der Waals surface area contributed by atoms with Crippen LogP contribution in [0.1, 0.15) is 38.7 Å². The summed E-state index contributed by atoms with van der Waals surface area (Å²) < 4.78 is 11.9.